The maximum Gasteiger partial charge on any atom is 0.178 e. The molecule has 1 aliphatic carbocycles. The predicted molar refractivity (Wildman–Crippen MR) is 137 cm³/mol. The summed E-state index contributed by atoms with van der Waals surface area (Å²) in [5.41, 5.74) is 5.55. The molecule has 0 unspecified atom stereocenters. The number of aryl methyl sites for hydroxylation is 1. The minimum Gasteiger partial charge on any atom is -0.497 e. The lowest BCUT2D eigenvalue weighted by molar-refractivity contribution is 0.163. The van der Waals surface area contributed by atoms with Crippen molar-refractivity contribution in [3.05, 3.63) is 107 Å². The maximum absolute atomic E-state index is 7.15. The standard InChI is InChI=1S/C31H28O3/c1-32-23-15-11-21(12-16-23)31(22-13-17-24(33-2)18-14-22)20-19-29-27-9-4-3-7-25(27)26-8-5-6-10-28(26)30(29)34-31/h5-6,8,10-20H,3-4,7,9H2,1-2H3. The van der Waals surface area contributed by atoms with E-state index in [-0.39, 0.29) is 0 Å². The van der Waals surface area contributed by atoms with Crippen molar-refractivity contribution in [2.45, 2.75) is 31.3 Å². The van der Waals surface area contributed by atoms with E-state index in [1.165, 1.54) is 40.3 Å². The molecule has 0 bridgehead atoms. The maximum atomic E-state index is 7.15. The summed E-state index contributed by atoms with van der Waals surface area (Å²) in [6.07, 6.45) is 9.25. The average Bonchev–Trinajstić information content (AvgIpc) is 2.93. The van der Waals surface area contributed by atoms with E-state index in [4.69, 9.17) is 14.2 Å². The Hall–Kier alpha value is -3.72. The number of fused-ring (bicyclic) bond motifs is 6. The van der Waals surface area contributed by atoms with Gasteiger partial charge in [-0.15, -0.1) is 0 Å². The molecular formula is C31H28O3. The molecular weight excluding hydrogens is 420 g/mol. The highest BCUT2D eigenvalue weighted by atomic mass is 16.5. The van der Waals surface area contributed by atoms with Crippen molar-refractivity contribution in [3.63, 3.8) is 0 Å². The van der Waals surface area contributed by atoms with Crippen LogP contribution in [0.5, 0.6) is 17.2 Å². The molecule has 0 N–H and O–H groups in total. The number of rotatable bonds is 4. The monoisotopic (exact) mass is 448 g/mol. The van der Waals surface area contributed by atoms with E-state index in [2.05, 4.69) is 60.7 Å². The van der Waals surface area contributed by atoms with Crippen molar-refractivity contribution in [2.24, 2.45) is 0 Å². The van der Waals surface area contributed by atoms with Crippen LogP contribution in [-0.2, 0) is 18.4 Å². The Morgan fingerprint density at radius 3 is 1.82 bits per heavy atom. The summed E-state index contributed by atoms with van der Waals surface area (Å²) in [7, 11) is 3.38. The van der Waals surface area contributed by atoms with Crippen LogP contribution in [0.3, 0.4) is 0 Å². The van der Waals surface area contributed by atoms with Crippen molar-refractivity contribution in [2.75, 3.05) is 14.2 Å². The van der Waals surface area contributed by atoms with Gasteiger partial charge in [0.05, 0.1) is 14.2 Å². The molecule has 4 aromatic carbocycles. The topological polar surface area (TPSA) is 27.7 Å². The zero-order valence-electron chi connectivity index (χ0n) is 19.6. The molecule has 0 atom stereocenters. The van der Waals surface area contributed by atoms with Crippen molar-refractivity contribution in [1.82, 2.24) is 0 Å². The molecule has 0 spiro atoms. The molecule has 0 fully saturated rings. The number of methoxy groups -OCH3 is 2. The van der Waals surface area contributed by atoms with Gasteiger partial charge in [-0.1, -0.05) is 54.6 Å². The number of ether oxygens (including phenoxy) is 3. The Bertz CT molecular complexity index is 1330. The van der Waals surface area contributed by atoms with Gasteiger partial charge in [0.2, 0.25) is 0 Å². The molecule has 1 heterocycles. The van der Waals surface area contributed by atoms with Gasteiger partial charge in [0.25, 0.3) is 0 Å². The Balaban J connectivity index is 1.60. The van der Waals surface area contributed by atoms with E-state index in [1.54, 1.807) is 14.2 Å². The molecule has 0 saturated carbocycles. The largest absolute Gasteiger partial charge is 0.497 e. The van der Waals surface area contributed by atoms with Gasteiger partial charge in [0.15, 0.2) is 5.60 Å². The fourth-order valence-electron chi connectivity index (χ4n) is 5.56. The first kappa shape index (κ1) is 20.9. The SMILES string of the molecule is COc1ccc(C2(c3ccc(OC)cc3)C=Cc3c4c(c5ccccc5c3O2)CCCC4)cc1. The Labute approximate surface area is 200 Å². The summed E-state index contributed by atoms with van der Waals surface area (Å²) < 4.78 is 18.0. The first-order valence-electron chi connectivity index (χ1n) is 12.0. The molecule has 2 aliphatic rings. The third kappa shape index (κ3) is 3.19. The Morgan fingerprint density at radius 2 is 1.24 bits per heavy atom. The van der Waals surface area contributed by atoms with Crippen molar-refractivity contribution < 1.29 is 14.2 Å². The third-order valence-corrected chi connectivity index (χ3v) is 7.32. The summed E-state index contributed by atoms with van der Waals surface area (Å²) in [6, 6.07) is 25.1. The third-order valence-electron chi connectivity index (χ3n) is 7.32. The lowest BCUT2D eigenvalue weighted by atomic mass is 9.79. The van der Waals surface area contributed by atoms with Gasteiger partial charge in [-0.2, -0.15) is 0 Å². The first-order chi connectivity index (χ1) is 16.7. The highest BCUT2D eigenvalue weighted by molar-refractivity contribution is 5.97. The fraction of sp³-hybridized carbons (Fsp3) is 0.226. The van der Waals surface area contributed by atoms with Crippen LogP contribution in [0.2, 0.25) is 0 Å². The van der Waals surface area contributed by atoms with E-state index >= 15 is 0 Å². The summed E-state index contributed by atoms with van der Waals surface area (Å²) in [6.45, 7) is 0. The van der Waals surface area contributed by atoms with Gasteiger partial charge in [0, 0.05) is 22.1 Å². The van der Waals surface area contributed by atoms with Crippen LogP contribution in [0, 0.1) is 0 Å². The van der Waals surface area contributed by atoms with Gasteiger partial charge in [-0.3, -0.25) is 0 Å². The molecule has 0 amide bonds. The van der Waals surface area contributed by atoms with Crippen LogP contribution >= 0.6 is 0 Å². The molecule has 1 aliphatic heterocycles. The minimum absolute atomic E-state index is 0.753. The zero-order chi connectivity index (χ0) is 23.1. The van der Waals surface area contributed by atoms with Crippen molar-refractivity contribution in [1.29, 1.82) is 0 Å². The smallest absolute Gasteiger partial charge is 0.178 e. The summed E-state index contributed by atoms with van der Waals surface area (Å²) in [4.78, 5) is 0. The van der Waals surface area contributed by atoms with Crippen molar-refractivity contribution >= 4 is 16.8 Å². The van der Waals surface area contributed by atoms with Gasteiger partial charge in [-0.05, 0) is 72.5 Å². The molecule has 4 aromatic rings. The van der Waals surface area contributed by atoms with E-state index in [9.17, 15) is 0 Å². The number of hydrogen-bond acceptors (Lipinski definition) is 3. The molecule has 34 heavy (non-hydrogen) atoms. The Morgan fingerprint density at radius 1 is 0.676 bits per heavy atom. The van der Waals surface area contributed by atoms with Crippen LogP contribution in [0.4, 0.5) is 0 Å². The van der Waals surface area contributed by atoms with E-state index < -0.39 is 5.60 Å². The summed E-state index contributed by atoms with van der Waals surface area (Å²) >= 11 is 0. The second kappa shape index (κ2) is 8.25. The van der Waals surface area contributed by atoms with Gasteiger partial charge in [-0.25, -0.2) is 0 Å². The van der Waals surface area contributed by atoms with Crippen LogP contribution in [0.25, 0.3) is 16.8 Å². The molecule has 0 saturated heterocycles. The van der Waals surface area contributed by atoms with E-state index in [0.717, 1.165) is 41.2 Å². The Kier molecular flexibility index (Phi) is 5.06. The highest BCUT2D eigenvalue weighted by Crippen LogP contribution is 2.48. The van der Waals surface area contributed by atoms with Gasteiger partial charge in [0.1, 0.15) is 17.2 Å². The quantitative estimate of drug-likeness (QED) is 0.334. The number of hydrogen-bond donors (Lipinski definition) is 0. The van der Waals surface area contributed by atoms with E-state index in [1.807, 2.05) is 24.3 Å². The lowest BCUT2D eigenvalue weighted by Gasteiger charge is -2.38. The highest BCUT2D eigenvalue weighted by Gasteiger charge is 2.39. The minimum atomic E-state index is -0.753. The predicted octanol–water partition coefficient (Wildman–Crippen LogP) is 7.09. The zero-order valence-corrected chi connectivity index (χ0v) is 19.6. The lowest BCUT2D eigenvalue weighted by Crippen LogP contribution is -2.34. The molecule has 3 heteroatoms. The van der Waals surface area contributed by atoms with Crippen LogP contribution < -0.4 is 14.2 Å². The summed E-state index contributed by atoms with van der Waals surface area (Å²) in [5, 5.41) is 2.51. The second-order valence-corrected chi connectivity index (χ2v) is 9.08. The molecule has 0 radical (unpaired) electrons. The van der Waals surface area contributed by atoms with Crippen LogP contribution in [0.15, 0.2) is 78.9 Å². The molecule has 6 rings (SSSR count). The molecule has 0 aromatic heterocycles. The first-order valence-corrected chi connectivity index (χ1v) is 12.0. The summed E-state index contributed by atoms with van der Waals surface area (Å²) in [5.74, 6) is 2.63. The van der Waals surface area contributed by atoms with Crippen molar-refractivity contribution in [3.8, 4) is 17.2 Å². The normalized spacial score (nSPS) is 15.8. The molecule has 170 valence electrons. The van der Waals surface area contributed by atoms with E-state index in [0.29, 0.717) is 0 Å². The van der Waals surface area contributed by atoms with Crippen LogP contribution in [0.1, 0.15) is 40.7 Å². The number of benzene rings is 4. The fourth-order valence-corrected chi connectivity index (χ4v) is 5.56. The van der Waals surface area contributed by atoms with Gasteiger partial charge < -0.3 is 14.2 Å². The second-order valence-electron chi connectivity index (χ2n) is 9.08. The van der Waals surface area contributed by atoms with Crippen LogP contribution in [-0.4, -0.2) is 14.2 Å². The van der Waals surface area contributed by atoms with Gasteiger partial charge >= 0.3 is 0 Å². The average molecular weight is 449 g/mol. The molecule has 3 nitrogen and oxygen atoms in total.